The molecule has 1 aromatic carbocycles. The summed E-state index contributed by atoms with van der Waals surface area (Å²) in [7, 11) is 3.56. The summed E-state index contributed by atoms with van der Waals surface area (Å²) in [5, 5.41) is 3.24. The second-order valence-corrected chi connectivity index (χ2v) is 4.49. The Labute approximate surface area is 116 Å². The van der Waals surface area contributed by atoms with Crippen LogP contribution >= 0.6 is 11.7 Å². The van der Waals surface area contributed by atoms with Gasteiger partial charge in [0.2, 0.25) is 0 Å². The van der Waals surface area contributed by atoms with E-state index in [0.717, 1.165) is 17.0 Å². The van der Waals surface area contributed by atoms with Gasteiger partial charge in [0.25, 0.3) is 0 Å². The minimum absolute atomic E-state index is 0.0162. The number of nitrogens with one attached hydrogen (secondary N) is 1. The summed E-state index contributed by atoms with van der Waals surface area (Å²) in [5.74, 6) is 0.840. The van der Waals surface area contributed by atoms with Crippen molar-refractivity contribution >= 4 is 11.7 Å². The first-order valence-electron chi connectivity index (χ1n) is 6.02. The van der Waals surface area contributed by atoms with E-state index in [0.29, 0.717) is 13.2 Å². The van der Waals surface area contributed by atoms with E-state index < -0.39 is 0 Å². The predicted molar refractivity (Wildman–Crippen MR) is 74.6 cm³/mol. The minimum atomic E-state index is -0.0162. The van der Waals surface area contributed by atoms with Gasteiger partial charge in [0.15, 0.2) is 0 Å². The number of nitrogens with zero attached hydrogens (tertiary/aromatic N) is 2. The van der Waals surface area contributed by atoms with Gasteiger partial charge in [-0.15, -0.1) is 0 Å². The number of rotatable bonds is 7. The molecule has 19 heavy (non-hydrogen) atoms. The smallest absolute Gasteiger partial charge is 0.124 e. The molecule has 1 N–H and O–H groups in total. The first-order valence-corrected chi connectivity index (χ1v) is 6.75. The molecular formula is C13H17N3O2S. The molecule has 0 radical (unpaired) electrons. The van der Waals surface area contributed by atoms with E-state index >= 15 is 0 Å². The van der Waals surface area contributed by atoms with Crippen LogP contribution in [0.5, 0.6) is 5.75 Å². The molecule has 0 amide bonds. The highest BCUT2D eigenvalue weighted by atomic mass is 32.1. The summed E-state index contributed by atoms with van der Waals surface area (Å²) in [4.78, 5) is 0. The molecule has 1 heterocycles. The molecule has 0 saturated carbocycles. The quantitative estimate of drug-likeness (QED) is 0.784. The zero-order valence-electron chi connectivity index (χ0n) is 11.0. The molecule has 0 bridgehead atoms. The number of hydrogen-bond donors (Lipinski definition) is 1. The van der Waals surface area contributed by atoms with Crippen LogP contribution in [0.15, 0.2) is 30.5 Å². The number of methoxy groups -OCH3 is 1. The van der Waals surface area contributed by atoms with Crippen molar-refractivity contribution in [2.24, 2.45) is 0 Å². The highest BCUT2D eigenvalue weighted by molar-refractivity contribution is 6.99. The number of aromatic nitrogens is 2. The van der Waals surface area contributed by atoms with Crippen LogP contribution in [0.4, 0.5) is 0 Å². The summed E-state index contributed by atoms with van der Waals surface area (Å²) in [6.45, 7) is 1.09. The van der Waals surface area contributed by atoms with Gasteiger partial charge in [-0.25, -0.2) is 0 Å². The fourth-order valence-electron chi connectivity index (χ4n) is 1.85. The van der Waals surface area contributed by atoms with Crippen LogP contribution in [0.25, 0.3) is 0 Å². The number of ether oxygens (including phenoxy) is 2. The van der Waals surface area contributed by atoms with E-state index in [1.54, 1.807) is 13.3 Å². The molecule has 2 rings (SSSR count). The number of benzene rings is 1. The Morgan fingerprint density at radius 3 is 2.84 bits per heavy atom. The molecule has 6 heteroatoms. The van der Waals surface area contributed by atoms with Gasteiger partial charge in [0.1, 0.15) is 12.4 Å². The molecule has 5 nitrogen and oxygen atoms in total. The lowest BCUT2D eigenvalue weighted by Crippen LogP contribution is -2.19. The highest BCUT2D eigenvalue weighted by Crippen LogP contribution is 2.28. The van der Waals surface area contributed by atoms with Crippen LogP contribution in [-0.4, -0.2) is 36.1 Å². The normalized spacial score (nSPS) is 12.3. The third-order valence-corrected chi connectivity index (χ3v) is 3.23. The van der Waals surface area contributed by atoms with E-state index in [1.165, 1.54) is 11.7 Å². The van der Waals surface area contributed by atoms with Gasteiger partial charge >= 0.3 is 0 Å². The highest BCUT2D eigenvalue weighted by Gasteiger charge is 2.18. The van der Waals surface area contributed by atoms with Crippen molar-refractivity contribution in [1.29, 1.82) is 0 Å². The minimum Gasteiger partial charge on any atom is -0.491 e. The maximum atomic E-state index is 5.75. The van der Waals surface area contributed by atoms with Gasteiger partial charge in [-0.3, -0.25) is 0 Å². The van der Waals surface area contributed by atoms with E-state index in [-0.39, 0.29) is 6.04 Å². The van der Waals surface area contributed by atoms with Gasteiger partial charge in [0, 0.05) is 12.7 Å². The molecule has 1 atom stereocenters. The van der Waals surface area contributed by atoms with Crippen LogP contribution in [0, 0.1) is 0 Å². The zero-order valence-corrected chi connectivity index (χ0v) is 11.8. The third kappa shape index (κ3) is 3.50. The lowest BCUT2D eigenvalue weighted by atomic mass is 10.0. The molecule has 0 spiro atoms. The van der Waals surface area contributed by atoms with E-state index in [1.807, 2.05) is 31.3 Å². The second kappa shape index (κ2) is 7.18. The summed E-state index contributed by atoms with van der Waals surface area (Å²) in [6.07, 6.45) is 1.78. The summed E-state index contributed by atoms with van der Waals surface area (Å²) >= 11 is 1.20. The average molecular weight is 279 g/mol. The maximum Gasteiger partial charge on any atom is 0.124 e. The summed E-state index contributed by atoms with van der Waals surface area (Å²) < 4.78 is 19.1. The number of hydrogen-bond acceptors (Lipinski definition) is 6. The monoisotopic (exact) mass is 279 g/mol. The van der Waals surface area contributed by atoms with Crippen LogP contribution in [0.2, 0.25) is 0 Å². The van der Waals surface area contributed by atoms with Crippen molar-refractivity contribution in [3.05, 3.63) is 41.7 Å². The molecule has 0 aliphatic heterocycles. The molecule has 0 aliphatic carbocycles. The van der Waals surface area contributed by atoms with Crippen LogP contribution in [-0.2, 0) is 4.74 Å². The van der Waals surface area contributed by atoms with Crippen molar-refractivity contribution in [2.45, 2.75) is 6.04 Å². The average Bonchev–Trinajstić information content (AvgIpc) is 2.96. The van der Waals surface area contributed by atoms with E-state index in [2.05, 4.69) is 14.1 Å². The third-order valence-electron chi connectivity index (χ3n) is 2.74. The van der Waals surface area contributed by atoms with Gasteiger partial charge in [0.05, 0.1) is 36.3 Å². The topological polar surface area (TPSA) is 56.3 Å². The molecule has 1 aromatic heterocycles. The Bertz CT molecular complexity index is 490. The van der Waals surface area contributed by atoms with Crippen molar-refractivity contribution < 1.29 is 9.47 Å². The molecule has 102 valence electrons. The molecular weight excluding hydrogens is 262 g/mol. The zero-order chi connectivity index (χ0) is 13.5. The Morgan fingerprint density at radius 2 is 2.16 bits per heavy atom. The van der Waals surface area contributed by atoms with Gasteiger partial charge < -0.3 is 14.8 Å². The largest absolute Gasteiger partial charge is 0.491 e. The fraction of sp³-hybridized carbons (Fsp3) is 0.385. The Morgan fingerprint density at radius 1 is 1.32 bits per heavy atom. The van der Waals surface area contributed by atoms with Crippen LogP contribution in [0.1, 0.15) is 17.3 Å². The first-order chi connectivity index (χ1) is 9.36. The molecule has 0 aliphatic rings. The maximum absolute atomic E-state index is 5.75. The van der Waals surface area contributed by atoms with Crippen LogP contribution < -0.4 is 10.1 Å². The summed E-state index contributed by atoms with van der Waals surface area (Å²) in [5.41, 5.74) is 1.95. The lowest BCUT2D eigenvalue weighted by molar-refractivity contribution is 0.145. The second-order valence-electron chi connectivity index (χ2n) is 3.93. The van der Waals surface area contributed by atoms with E-state index in [4.69, 9.17) is 9.47 Å². The lowest BCUT2D eigenvalue weighted by Gasteiger charge is -2.18. The Hall–Kier alpha value is -1.50. The summed E-state index contributed by atoms with van der Waals surface area (Å²) in [6, 6.07) is 7.91. The van der Waals surface area contributed by atoms with Crippen LogP contribution in [0.3, 0.4) is 0 Å². The first kappa shape index (κ1) is 13.9. The standard InChI is InChI=1S/C13H17N3O2S/c1-14-13(11-9-15-19-16-11)10-5-3-4-6-12(10)18-8-7-17-2/h3-6,9,13-14H,7-8H2,1-2H3. The van der Waals surface area contributed by atoms with Crippen molar-refractivity contribution in [1.82, 2.24) is 14.1 Å². The molecule has 2 aromatic rings. The van der Waals surface area contributed by atoms with Crippen molar-refractivity contribution in [2.75, 3.05) is 27.4 Å². The molecule has 1 unspecified atom stereocenters. The van der Waals surface area contributed by atoms with Gasteiger partial charge in [-0.1, -0.05) is 18.2 Å². The van der Waals surface area contributed by atoms with Crippen molar-refractivity contribution in [3.63, 3.8) is 0 Å². The van der Waals surface area contributed by atoms with Gasteiger partial charge in [-0.2, -0.15) is 8.75 Å². The SMILES string of the molecule is CNC(c1cnsn1)c1ccccc1OCCOC. The molecule has 0 fully saturated rings. The van der Waals surface area contributed by atoms with E-state index in [9.17, 15) is 0 Å². The molecule has 0 saturated heterocycles. The Kier molecular flexibility index (Phi) is 5.26. The Balaban J connectivity index is 2.22. The van der Waals surface area contributed by atoms with Crippen molar-refractivity contribution in [3.8, 4) is 5.75 Å². The fourth-order valence-corrected chi connectivity index (χ4v) is 2.30. The van der Waals surface area contributed by atoms with Gasteiger partial charge in [-0.05, 0) is 13.1 Å². The number of para-hydroxylation sites is 1. The predicted octanol–water partition coefficient (Wildman–Crippen LogP) is 1.87.